The number of aliphatic hydroxyl groups excluding tert-OH is 1. The number of benzene rings is 1. The van der Waals surface area contributed by atoms with Gasteiger partial charge in [-0.05, 0) is 18.4 Å². The maximum atomic E-state index is 12.2. The van der Waals surface area contributed by atoms with Crippen LogP contribution in [0.3, 0.4) is 0 Å². The van der Waals surface area contributed by atoms with Gasteiger partial charge in [0.15, 0.2) is 0 Å². The van der Waals surface area contributed by atoms with Gasteiger partial charge < -0.3 is 10.0 Å². The van der Waals surface area contributed by atoms with Crippen LogP contribution in [0.25, 0.3) is 0 Å². The van der Waals surface area contributed by atoms with Crippen LogP contribution in [0.15, 0.2) is 24.3 Å². The van der Waals surface area contributed by atoms with Crippen LogP contribution in [-0.2, 0) is 11.2 Å². The van der Waals surface area contributed by atoms with Crippen LogP contribution in [0.4, 0.5) is 5.69 Å². The van der Waals surface area contributed by atoms with E-state index in [0.29, 0.717) is 12.1 Å². The lowest BCUT2D eigenvalue weighted by molar-refractivity contribution is -0.384. The van der Waals surface area contributed by atoms with E-state index in [1.807, 2.05) is 0 Å². The van der Waals surface area contributed by atoms with Crippen molar-refractivity contribution >= 4 is 11.6 Å². The van der Waals surface area contributed by atoms with Crippen molar-refractivity contribution in [3.63, 3.8) is 0 Å². The van der Waals surface area contributed by atoms with Crippen molar-refractivity contribution < 1.29 is 14.8 Å². The molecule has 2 unspecified atom stereocenters. The number of hydrogen-bond donors (Lipinski definition) is 1. The largest absolute Gasteiger partial charge is 0.393 e. The lowest BCUT2D eigenvalue weighted by Gasteiger charge is -2.31. The Morgan fingerprint density at radius 2 is 2.14 bits per heavy atom. The summed E-state index contributed by atoms with van der Waals surface area (Å²) in [5, 5.41) is 20.7. The van der Waals surface area contributed by atoms with Crippen LogP contribution in [0.5, 0.6) is 0 Å². The summed E-state index contributed by atoms with van der Waals surface area (Å²) < 4.78 is 0. The first-order valence-corrected chi connectivity index (χ1v) is 7.62. The zero-order valence-electron chi connectivity index (χ0n) is 12.8. The fourth-order valence-electron chi connectivity index (χ4n) is 2.94. The Hall–Kier alpha value is -1.95. The van der Waals surface area contributed by atoms with Gasteiger partial charge >= 0.3 is 0 Å². The van der Waals surface area contributed by atoms with Crippen molar-refractivity contribution in [2.45, 2.75) is 38.2 Å². The van der Waals surface area contributed by atoms with Gasteiger partial charge in [0, 0.05) is 31.6 Å². The quantitative estimate of drug-likeness (QED) is 0.667. The van der Waals surface area contributed by atoms with Crippen molar-refractivity contribution in [3.8, 4) is 0 Å². The molecule has 2 rings (SSSR count). The number of non-ortho nitro benzene ring substituents is 1. The summed E-state index contributed by atoms with van der Waals surface area (Å²) in [5.41, 5.74) is 0.630. The summed E-state index contributed by atoms with van der Waals surface area (Å²) in [4.78, 5) is 24.2. The number of nitrogens with zero attached hydrogens (tertiary/aromatic N) is 2. The maximum Gasteiger partial charge on any atom is 0.269 e. The maximum absolute atomic E-state index is 12.2. The number of hydrogen-bond acceptors (Lipinski definition) is 4. The Labute approximate surface area is 129 Å². The van der Waals surface area contributed by atoms with Gasteiger partial charge in [-0.25, -0.2) is 0 Å². The summed E-state index contributed by atoms with van der Waals surface area (Å²) >= 11 is 0. The summed E-state index contributed by atoms with van der Waals surface area (Å²) in [6.07, 6.45) is 3.69. The van der Waals surface area contributed by atoms with Crippen LogP contribution in [-0.4, -0.2) is 40.5 Å². The zero-order chi connectivity index (χ0) is 16.1. The van der Waals surface area contributed by atoms with Gasteiger partial charge in [-0.1, -0.05) is 25.0 Å². The van der Waals surface area contributed by atoms with Crippen LogP contribution >= 0.6 is 0 Å². The number of rotatable bonds is 5. The van der Waals surface area contributed by atoms with Crippen LogP contribution in [0, 0.1) is 16.0 Å². The predicted molar refractivity (Wildman–Crippen MR) is 82.4 cm³/mol. The molecule has 1 fully saturated rings. The first-order chi connectivity index (χ1) is 10.5. The van der Waals surface area contributed by atoms with Crippen molar-refractivity contribution in [3.05, 3.63) is 39.9 Å². The number of likely N-dealkylation sites (N-methyl/N-ethyl adjacent to an activating group) is 1. The van der Waals surface area contributed by atoms with E-state index in [-0.39, 0.29) is 30.0 Å². The molecule has 0 aromatic heterocycles. The van der Waals surface area contributed by atoms with Gasteiger partial charge in [0.1, 0.15) is 0 Å². The van der Waals surface area contributed by atoms with Crippen molar-refractivity contribution in [2.24, 2.45) is 5.92 Å². The van der Waals surface area contributed by atoms with Crippen LogP contribution in [0.2, 0.25) is 0 Å². The van der Waals surface area contributed by atoms with Gasteiger partial charge in [-0.15, -0.1) is 0 Å². The molecule has 6 nitrogen and oxygen atoms in total. The Kier molecular flexibility index (Phi) is 5.49. The molecule has 1 amide bonds. The monoisotopic (exact) mass is 306 g/mol. The number of amides is 1. The van der Waals surface area contributed by atoms with E-state index in [1.165, 1.54) is 12.1 Å². The summed E-state index contributed by atoms with van der Waals surface area (Å²) in [6, 6.07) is 6.15. The number of carbonyl (C=O) groups excluding carboxylic acids is 1. The Morgan fingerprint density at radius 3 is 2.82 bits per heavy atom. The highest BCUT2D eigenvalue weighted by Crippen LogP contribution is 2.25. The van der Waals surface area contributed by atoms with E-state index in [0.717, 1.165) is 25.7 Å². The topological polar surface area (TPSA) is 83.7 Å². The van der Waals surface area contributed by atoms with E-state index >= 15 is 0 Å². The van der Waals surface area contributed by atoms with E-state index in [2.05, 4.69) is 0 Å². The molecule has 0 bridgehead atoms. The van der Waals surface area contributed by atoms with Gasteiger partial charge in [-0.3, -0.25) is 14.9 Å². The predicted octanol–water partition coefficient (Wildman–Crippen LogP) is 2.15. The molecule has 120 valence electrons. The average Bonchev–Trinajstić information content (AvgIpc) is 2.49. The molecule has 1 aliphatic rings. The van der Waals surface area contributed by atoms with Gasteiger partial charge in [0.05, 0.1) is 17.4 Å². The lowest BCUT2D eigenvalue weighted by Crippen LogP contribution is -2.38. The molecule has 0 aliphatic heterocycles. The minimum absolute atomic E-state index is 0.00402. The molecular weight excluding hydrogens is 284 g/mol. The summed E-state index contributed by atoms with van der Waals surface area (Å²) in [5.74, 6) is 0.0473. The zero-order valence-corrected chi connectivity index (χ0v) is 12.8. The van der Waals surface area contributed by atoms with Crippen molar-refractivity contribution in [1.82, 2.24) is 4.90 Å². The minimum Gasteiger partial charge on any atom is -0.393 e. The van der Waals surface area contributed by atoms with E-state index in [1.54, 1.807) is 24.1 Å². The van der Waals surface area contributed by atoms with Gasteiger partial charge in [0.25, 0.3) is 5.69 Å². The number of carbonyl (C=O) groups is 1. The Bertz CT molecular complexity index is 547. The Balaban J connectivity index is 1.93. The van der Waals surface area contributed by atoms with E-state index < -0.39 is 4.92 Å². The third kappa shape index (κ3) is 4.27. The Morgan fingerprint density at radius 1 is 1.41 bits per heavy atom. The second kappa shape index (κ2) is 7.35. The summed E-state index contributed by atoms with van der Waals surface area (Å²) in [7, 11) is 1.72. The van der Waals surface area contributed by atoms with Gasteiger partial charge in [0.2, 0.25) is 5.91 Å². The van der Waals surface area contributed by atoms with E-state index in [9.17, 15) is 20.0 Å². The highest BCUT2D eigenvalue weighted by atomic mass is 16.6. The first kappa shape index (κ1) is 16.4. The molecule has 2 atom stereocenters. The van der Waals surface area contributed by atoms with Crippen molar-refractivity contribution in [1.29, 1.82) is 0 Å². The molecule has 0 heterocycles. The van der Waals surface area contributed by atoms with E-state index in [4.69, 9.17) is 0 Å². The number of nitro benzene ring substituents is 1. The molecule has 0 radical (unpaired) electrons. The summed E-state index contributed by atoms with van der Waals surface area (Å²) in [6.45, 7) is 0.537. The number of aliphatic hydroxyl groups is 1. The third-order valence-corrected chi connectivity index (χ3v) is 4.28. The molecule has 1 aliphatic carbocycles. The molecule has 1 aromatic carbocycles. The molecule has 1 saturated carbocycles. The smallest absolute Gasteiger partial charge is 0.269 e. The molecule has 0 spiro atoms. The minimum atomic E-state index is -0.462. The first-order valence-electron chi connectivity index (χ1n) is 7.62. The molecule has 0 saturated heterocycles. The van der Waals surface area contributed by atoms with Crippen LogP contribution in [0.1, 0.15) is 31.2 Å². The van der Waals surface area contributed by atoms with Crippen LogP contribution < -0.4 is 0 Å². The second-order valence-corrected chi connectivity index (χ2v) is 5.99. The highest BCUT2D eigenvalue weighted by Gasteiger charge is 2.25. The SMILES string of the molecule is CN(CC1CCCCC1O)C(=O)Cc1cccc([N+](=O)[O-])c1. The molecular formula is C16H22N2O4. The van der Waals surface area contributed by atoms with Gasteiger partial charge in [-0.2, -0.15) is 0 Å². The average molecular weight is 306 g/mol. The highest BCUT2D eigenvalue weighted by molar-refractivity contribution is 5.78. The fraction of sp³-hybridized carbons (Fsp3) is 0.562. The second-order valence-electron chi connectivity index (χ2n) is 5.99. The molecule has 1 aromatic rings. The molecule has 1 N–H and O–H groups in total. The molecule has 6 heteroatoms. The fourth-order valence-corrected chi connectivity index (χ4v) is 2.94. The standard InChI is InChI=1S/C16H22N2O4/c1-17(11-13-6-2-3-8-15(13)19)16(20)10-12-5-4-7-14(9-12)18(21)22/h4-5,7,9,13,15,19H,2-3,6,8,10-11H2,1H3. The third-order valence-electron chi connectivity index (χ3n) is 4.28. The van der Waals surface area contributed by atoms with Crippen molar-refractivity contribution in [2.75, 3.05) is 13.6 Å². The lowest BCUT2D eigenvalue weighted by atomic mass is 9.86. The normalized spacial score (nSPS) is 21.4. The molecule has 22 heavy (non-hydrogen) atoms. The number of nitro groups is 1.